The number of rotatable bonds is 3. The molecule has 0 bridgehead atoms. The van der Waals surface area contributed by atoms with Gasteiger partial charge in [0.15, 0.2) is 0 Å². The van der Waals surface area contributed by atoms with Crippen molar-refractivity contribution in [2.75, 3.05) is 14.2 Å². The molecule has 5 nitrogen and oxygen atoms in total. The summed E-state index contributed by atoms with van der Waals surface area (Å²) >= 11 is 5.75. The topological polar surface area (TPSA) is 72.5 Å². The van der Waals surface area contributed by atoms with Crippen molar-refractivity contribution in [2.45, 2.75) is 4.90 Å². The van der Waals surface area contributed by atoms with E-state index in [4.69, 9.17) is 11.6 Å². The number of carbonyl (C=O) groups excluding carboxylic acids is 1. The molecule has 0 heterocycles. The summed E-state index contributed by atoms with van der Waals surface area (Å²) in [6, 6.07) is 3.80. The van der Waals surface area contributed by atoms with Gasteiger partial charge in [0.25, 0.3) is 0 Å². The van der Waals surface area contributed by atoms with E-state index in [0.717, 1.165) is 0 Å². The Bertz CT molecular complexity index is 512. The minimum absolute atomic E-state index is 0.0143. The highest BCUT2D eigenvalue weighted by molar-refractivity contribution is 7.89. The van der Waals surface area contributed by atoms with E-state index in [1.807, 2.05) is 0 Å². The molecule has 0 aliphatic heterocycles. The molecular weight excluding hydrogens is 254 g/mol. The highest BCUT2D eigenvalue weighted by Crippen LogP contribution is 2.20. The Kier molecular flexibility index (Phi) is 3.90. The minimum atomic E-state index is -3.60. The van der Waals surface area contributed by atoms with E-state index in [1.165, 1.54) is 32.4 Å². The second-order valence-electron chi connectivity index (χ2n) is 2.84. The van der Waals surface area contributed by atoms with Crippen molar-refractivity contribution in [2.24, 2.45) is 0 Å². The van der Waals surface area contributed by atoms with Gasteiger partial charge in [-0.3, -0.25) is 0 Å². The number of methoxy groups -OCH3 is 1. The molecule has 0 spiro atoms. The van der Waals surface area contributed by atoms with Gasteiger partial charge in [0, 0.05) is 0 Å². The SMILES string of the molecule is CNS(=O)(=O)c1ccc(Cl)c(C(=O)OC)c1. The number of sulfonamides is 1. The van der Waals surface area contributed by atoms with Gasteiger partial charge >= 0.3 is 5.97 Å². The number of esters is 1. The van der Waals surface area contributed by atoms with E-state index >= 15 is 0 Å². The molecule has 7 heteroatoms. The van der Waals surface area contributed by atoms with Crippen LogP contribution in [0.4, 0.5) is 0 Å². The van der Waals surface area contributed by atoms with Crippen molar-refractivity contribution in [1.82, 2.24) is 4.72 Å². The van der Waals surface area contributed by atoms with Crippen molar-refractivity contribution in [3.05, 3.63) is 28.8 Å². The summed E-state index contributed by atoms with van der Waals surface area (Å²) in [6.07, 6.45) is 0. The Morgan fingerprint density at radius 1 is 1.44 bits per heavy atom. The van der Waals surface area contributed by atoms with Gasteiger partial charge in [-0.25, -0.2) is 17.9 Å². The minimum Gasteiger partial charge on any atom is -0.465 e. The van der Waals surface area contributed by atoms with Crippen molar-refractivity contribution in [3.8, 4) is 0 Å². The van der Waals surface area contributed by atoms with E-state index in [9.17, 15) is 13.2 Å². The van der Waals surface area contributed by atoms with Crippen LogP contribution in [-0.2, 0) is 14.8 Å². The summed E-state index contributed by atoms with van der Waals surface area (Å²) in [5.74, 6) is -0.682. The summed E-state index contributed by atoms with van der Waals surface area (Å²) in [5, 5.41) is 0.141. The van der Waals surface area contributed by atoms with Crippen molar-refractivity contribution in [3.63, 3.8) is 0 Å². The Morgan fingerprint density at radius 2 is 2.06 bits per heavy atom. The molecule has 0 saturated heterocycles. The first-order valence-electron chi connectivity index (χ1n) is 4.24. The van der Waals surface area contributed by atoms with E-state index in [2.05, 4.69) is 9.46 Å². The molecule has 16 heavy (non-hydrogen) atoms. The van der Waals surface area contributed by atoms with Gasteiger partial charge in [-0.1, -0.05) is 11.6 Å². The first kappa shape index (κ1) is 13.0. The van der Waals surface area contributed by atoms with E-state index in [-0.39, 0.29) is 15.5 Å². The molecule has 0 fully saturated rings. The molecule has 0 aliphatic rings. The highest BCUT2D eigenvalue weighted by atomic mass is 35.5. The fourth-order valence-electron chi connectivity index (χ4n) is 1.06. The third-order valence-electron chi connectivity index (χ3n) is 1.92. The zero-order valence-corrected chi connectivity index (χ0v) is 10.2. The summed E-state index contributed by atoms with van der Waals surface area (Å²) in [4.78, 5) is 11.2. The number of benzene rings is 1. The molecule has 0 saturated carbocycles. The van der Waals surface area contributed by atoms with Crippen LogP contribution < -0.4 is 4.72 Å². The van der Waals surface area contributed by atoms with Crippen LogP contribution in [0.1, 0.15) is 10.4 Å². The Balaban J connectivity index is 3.34. The second-order valence-corrected chi connectivity index (χ2v) is 5.13. The third kappa shape index (κ3) is 2.52. The monoisotopic (exact) mass is 263 g/mol. The predicted octanol–water partition coefficient (Wildman–Crippen LogP) is 1.03. The van der Waals surface area contributed by atoms with Gasteiger partial charge in [-0.15, -0.1) is 0 Å². The summed E-state index contributed by atoms with van der Waals surface area (Å²) < 4.78 is 29.6. The largest absolute Gasteiger partial charge is 0.465 e. The van der Waals surface area contributed by atoms with E-state index in [1.54, 1.807) is 0 Å². The number of hydrogen-bond acceptors (Lipinski definition) is 4. The maximum Gasteiger partial charge on any atom is 0.339 e. The van der Waals surface area contributed by atoms with Crippen LogP contribution in [0, 0.1) is 0 Å². The molecule has 0 radical (unpaired) electrons. The lowest BCUT2D eigenvalue weighted by Gasteiger charge is -2.06. The maximum atomic E-state index is 11.5. The van der Waals surface area contributed by atoms with E-state index < -0.39 is 16.0 Å². The number of halogens is 1. The van der Waals surface area contributed by atoms with Crippen molar-refractivity contribution in [1.29, 1.82) is 0 Å². The van der Waals surface area contributed by atoms with Gasteiger partial charge in [0.05, 0.1) is 22.6 Å². The van der Waals surface area contributed by atoms with Crippen molar-refractivity contribution < 1.29 is 17.9 Å². The zero-order chi connectivity index (χ0) is 12.3. The molecule has 0 amide bonds. The number of ether oxygens (including phenoxy) is 1. The molecule has 1 rings (SSSR count). The van der Waals surface area contributed by atoms with Crippen LogP contribution in [-0.4, -0.2) is 28.5 Å². The van der Waals surface area contributed by atoms with Crippen LogP contribution >= 0.6 is 11.6 Å². The molecule has 1 aromatic carbocycles. The lowest BCUT2D eigenvalue weighted by atomic mass is 10.2. The average Bonchev–Trinajstić information content (AvgIpc) is 2.28. The van der Waals surface area contributed by atoms with Crippen molar-refractivity contribution >= 4 is 27.6 Å². The lowest BCUT2D eigenvalue weighted by molar-refractivity contribution is 0.0600. The van der Waals surface area contributed by atoms with Gasteiger partial charge < -0.3 is 4.74 Å². The van der Waals surface area contributed by atoms with Crippen LogP contribution in [0.5, 0.6) is 0 Å². The fraction of sp³-hybridized carbons (Fsp3) is 0.222. The fourth-order valence-corrected chi connectivity index (χ4v) is 2.01. The molecule has 0 aromatic heterocycles. The molecule has 88 valence electrons. The zero-order valence-electron chi connectivity index (χ0n) is 8.65. The molecule has 0 aliphatic carbocycles. The summed E-state index contributed by atoms with van der Waals surface area (Å²) in [6.45, 7) is 0. The first-order chi connectivity index (χ1) is 7.42. The molecule has 0 atom stereocenters. The Morgan fingerprint density at radius 3 is 2.56 bits per heavy atom. The van der Waals surface area contributed by atoms with Gasteiger partial charge in [0.1, 0.15) is 0 Å². The van der Waals surface area contributed by atoms with E-state index in [0.29, 0.717) is 0 Å². The molecule has 1 aromatic rings. The maximum absolute atomic E-state index is 11.5. The standard InChI is InChI=1S/C9H10ClNO4S/c1-11-16(13,14)6-3-4-8(10)7(5-6)9(12)15-2/h3-5,11H,1-2H3. The average molecular weight is 264 g/mol. The number of hydrogen-bond donors (Lipinski definition) is 1. The van der Waals surface area contributed by atoms with Crippen LogP contribution in [0.2, 0.25) is 5.02 Å². The molecule has 0 unspecified atom stereocenters. The van der Waals surface area contributed by atoms with Crippen LogP contribution in [0.3, 0.4) is 0 Å². The van der Waals surface area contributed by atoms with Crippen LogP contribution in [0.15, 0.2) is 23.1 Å². The highest BCUT2D eigenvalue weighted by Gasteiger charge is 2.17. The number of carbonyl (C=O) groups is 1. The summed E-state index contributed by atoms with van der Waals surface area (Å²) in [5.41, 5.74) is 0.0143. The smallest absolute Gasteiger partial charge is 0.339 e. The first-order valence-corrected chi connectivity index (χ1v) is 6.10. The number of nitrogens with one attached hydrogen (secondary N) is 1. The normalized spacial score (nSPS) is 11.2. The van der Waals surface area contributed by atoms with Gasteiger partial charge in [-0.2, -0.15) is 0 Å². The Hall–Kier alpha value is -1.11. The third-order valence-corrected chi connectivity index (χ3v) is 3.66. The second kappa shape index (κ2) is 4.82. The predicted molar refractivity (Wildman–Crippen MR) is 59.0 cm³/mol. The molecule has 1 N–H and O–H groups in total. The Labute approximate surface area is 98.4 Å². The molecular formula is C9H10ClNO4S. The van der Waals surface area contributed by atoms with Gasteiger partial charge in [0.2, 0.25) is 10.0 Å². The quantitative estimate of drug-likeness (QED) is 0.827. The summed E-state index contributed by atoms with van der Waals surface area (Å²) in [7, 11) is -1.12. The lowest BCUT2D eigenvalue weighted by Crippen LogP contribution is -2.19. The van der Waals surface area contributed by atoms with Gasteiger partial charge in [-0.05, 0) is 25.2 Å². The van der Waals surface area contributed by atoms with Crippen LogP contribution in [0.25, 0.3) is 0 Å².